The zero-order valence-electron chi connectivity index (χ0n) is 63.2. The van der Waals surface area contributed by atoms with E-state index in [1.807, 2.05) is 0 Å². The van der Waals surface area contributed by atoms with Gasteiger partial charge in [0.25, 0.3) is 0 Å². The summed E-state index contributed by atoms with van der Waals surface area (Å²) in [7, 11) is 0. The number of guanidine groups is 1. The molecule has 0 saturated carbocycles. The number of hydrogen-bond acceptors (Lipinski definition) is 20. The molecule has 7 aromatic rings. The number of aliphatic hydroxyl groups is 2. The van der Waals surface area contributed by atoms with E-state index >= 15 is 24.0 Å². The van der Waals surface area contributed by atoms with Crippen LogP contribution in [0.15, 0.2) is 122 Å². The number of benzene rings is 4. The number of nitrogens with two attached hydrogens (primary N) is 3. The van der Waals surface area contributed by atoms with Gasteiger partial charge in [-0.15, -0.1) is 0 Å². The molecule has 4 aromatic carbocycles. The Balaban J connectivity index is 0.965. The summed E-state index contributed by atoms with van der Waals surface area (Å²) in [5.41, 5.74) is 20.3. The van der Waals surface area contributed by atoms with E-state index in [0.29, 0.717) is 50.5 Å². The number of carboxylic acids is 1. The standard InChI is InChI=1S/C77H98N20O18/c1-40(2)64(76(114)115)95-71(109)60(38-99)93-65(103)53(14-7-25-83-77(80)81)87-72(110)62-16-9-27-97(62)75(113)58(29-42-19-23-47(101)24-20-42)92-66(104)54(28-41-17-21-46(100)22-18-41)88-69(107)57(32-45-36-82-39-86-45)90-70(108)59(37-98)94-68(106)55(30-43-34-84-51-12-5-3-10-48(43)51)89-67(105)56(31-44-35-85-52-13-6-4-11-49(44)52)91-73(111)61-15-8-26-96(61)74(112)50(78)33-63(79)102/h3-6,10-13,17-24,34-36,39-40,50,53-62,64,84-85,98-101H,7-9,14-16,25-33,37-38,78H2,1-2H3,(H2,79,102)(H,82,86)(H,87,110)(H,88,107)(H,89,105)(H,90,108)(H,91,111)(H,92,104)(H,93,103)(H,94,106)(H,95,109)(H,114,115)(H4,80,81,83). The molecule has 2 saturated heterocycles. The molecule has 12 atom stereocenters. The normalized spacial score (nSPS) is 16.6. The van der Waals surface area contributed by atoms with Gasteiger partial charge in [-0.3, -0.25) is 62.9 Å². The van der Waals surface area contributed by atoms with Crippen LogP contribution in [-0.2, 0) is 94.4 Å². The number of aromatic hydroxyl groups is 2. The lowest BCUT2D eigenvalue weighted by Gasteiger charge is -2.31. The summed E-state index contributed by atoms with van der Waals surface area (Å²) in [6.45, 7) is 1.04. The molecule has 9 rings (SSSR count). The summed E-state index contributed by atoms with van der Waals surface area (Å²) in [5.74, 6) is -13.8. The van der Waals surface area contributed by atoms with Crippen LogP contribution in [0.3, 0.4) is 0 Å². The number of rotatable bonds is 40. The SMILES string of the molecule is CC(C)C(NC(=O)C(CO)NC(=O)C(CCCNC(=N)N)NC(=O)C1CCCN1C(=O)C(Cc1ccc(O)cc1)NC(=O)C(Cc1ccc(O)cc1)NC(=O)C(Cc1c[nH]cn1)NC(=O)C(CO)NC(=O)C(Cc1c[nH]c2ccccc12)NC(=O)C(Cc1c[nH]c2ccccc12)NC(=O)C1CCCN1C(=O)C(N)CC(N)=O)C(=O)O. The third-order valence-electron chi connectivity index (χ3n) is 20.0. The number of likely N-dealkylation sites (tertiary alicyclic amines) is 2. The number of aliphatic hydroxyl groups excluding tert-OH is 2. The first-order chi connectivity index (χ1) is 55.0. The first-order valence-electron chi connectivity index (χ1n) is 37.5. The van der Waals surface area contributed by atoms with Crippen molar-refractivity contribution in [2.45, 2.75) is 163 Å². The molecule has 2 aliphatic heterocycles. The van der Waals surface area contributed by atoms with Crippen LogP contribution in [0.4, 0.5) is 0 Å². The molecule has 2 aliphatic rings. The lowest BCUT2D eigenvalue weighted by molar-refractivity contribution is -0.144. The second-order valence-electron chi connectivity index (χ2n) is 28.7. The molecule has 0 aliphatic carbocycles. The van der Waals surface area contributed by atoms with Crippen molar-refractivity contribution in [2.24, 2.45) is 23.1 Å². The fraction of sp³-hybridized carbons (Fsp3) is 0.416. The van der Waals surface area contributed by atoms with Crippen molar-refractivity contribution in [3.05, 3.63) is 150 Å². The number of carbonyl (C=O) groups excluding carboxylic acids is 12. The van der Waals surface area contributed by atoms with Gasteiger partial charge in [0, 0.05) is 92.1 Å². The highest BCUT2D eigenvalue weighted by Gasteiger charge is 2.43. The number of phenols is 2. The Morgan fingerprint density at radius 3 is 1.40 bits per heavy atom. The third kappa shape index (κ3) is 23.6. The lowest BCUT2D eigenvalue weighted by atomic mass is 10.0. The summed E-state index contributed by atoms with van der Waals surface area (Å²) in [6, 6.07) is 7.12. The van der Waals surface area contributed by atoms with Crippen molar-refractivity contribution in [1.29, 1.82) is 5.41 Å². The average Bonchev–Trinajstić information content (AvgIpc) is 1.70. The van der Waals surface area contributed by atoms with Crippen LogP contribution in [0.1, 0.15) is 86.7 Å². The van der Waals surface area contributed by atoms with Gasteiger partial charge in [0.05, 0.1) is 37.7 Å². The first-order valence-corrected chi connectivity index (χ1v) is 37.5. The number of primary amides is 1. The number of aromatic nitrogens is 4. The Hall–Kier alpha value is -13.0. The van der Waals surface area contributed by atoms with Crippen LogP contribution in [-0.4, -0.2) is 243 Å². The lowest BCUT2D eigenvalue weighted by Crippen LogP contribution is -2.62. The van der Waals surface area contributed by atoms with E-state index in [4.69, 9.17) is 22.6 Å². The van der Waals surface area contributed by atoms with Crippen LogP contribution in [0.2, 0.25) is 0 Å². The summed E-state index contributed by atoms with van der Waals surface area (Å²) < 4.78 is 0. The molecule has 115 heavy (non-hydrogen) atoms. The van der Waals surface area contributed by atoms with Gasteiger partial charge in [-0.1, -0.05) is 74.5 Å². The molecule has 0 radical (unpaired) electrons. The Labute approximate surface area is 658 Å². The fourth-order valence-corrected chi connectivity index (χ4v) is 13.9. The first kappa shape index (κ1) is 86.0. The van der Waals surface area contributed by atoms with E-state index in [9.17, 15) is 63.9 Å². The molecule has 614 valence electrons. The summed E-state index contributed by atoms with van der Waals surface area (Å²) in [4.78, 5) is 200. The van der Waals surface area contributed by atoms with Crippen molar-refractivity contribution in [3.8, 4) is 11.5 Å². The van der Waals surface area contributed by atoms with Crippen molar-refractivity contribution < 1.29 is 87.9 Å². The smallest absolute Gasteiger partial charge is 0.326 e. The van der Waals surface area contributed by atoms with E-state index < -0.39 is 187 Å². The summed E-state index contributed by atoms with van der Waals surface area (Å²) >= 11 is 0. The number of hydrogen-bond donors (Lipinski definition) is 22. The molecule has 0 bridgehead atoms. The maximum absolute atomic E-state index is 15.3. The minimum Gasteiger partial charge on any atom is -0.508 e. The van der Waals surface area contributed by atoms with Crippen LogP contribution >= 0.6 is 0 Å². The van der Waals surface area contributed by atoms with E-state index in [1.165, 1.54) is 84.7 Å². The number of fused-ring (bicyclic) bond motifs is 2. The Morgan fingerprint density at radius 2 is 0.939 bits per heavy atom. The predicted octanol–water partition coefficient (Wildman–Crippen LogP) is -3.17. The number of nitrogens with one attached hydrogen (secondary N) is 14. The molecule has 5 heterocycles. The summed E-state index contributed by atoms with van der Waals surface area (Å²) in [6.07, 6.45) is 4.70. The van der Waals surface area contributed by atoms with Gasteiger partial charge in [0.15, 0.2) is 5.96 Å². The zero-order chi connectivity index (χ0) is 83.2. The van der Waals surface area contributed by atoms with Gasteiger partial charge in [-0.2, -0.15) is 0 Å². The number of aromatic amines is 3. The number of nitrogens with zero attached hydrogens (tertiary/aromatic N) is 3. The second kappa shape index (κ2) is 40.5. The summed E-state index contributed by atoms with van der Waals surface area (Å²) in [5, 5.41) is 86.6. The van der Waals surface area contributed by atoms with Gasteiger partial charge >= 0.3 is 5.97 Å². The van der Waals surface area contributed by atoms with Crippen molar-refractivity contribution in [3.63, 3.8) is 0 Å². The van der Waals surface area contributed by atoms with Gasteiger partial charge in [0.2, 0.25) is 70.9 Å². The van der Waals surface area contributed by atoms with E-state index in [2.05, 4.69) is 73.1 Å². The topological polar surface area (TPSA) is 612 Å². The maximum atomic E-state index is 15.3. The van der Waals surface area contributed by atoms with Crippen LogP contribution < -0.4 is 70.4 Å². The van der Waals surface area contributed by atoms with Crippen LogP contribution in [0, 0.1) is 11.3 Å². The van der Waals surface area contributed by atoms with Crippen molar-refractivity contribution in [2.75, 3.05) is 32.8 Å². The minimum atomic E-state index is -1.89. The molecule has 0 spiro atoms. The minimum absolute atomic E-state index is 0.0249. The molecule has 38 heteroatoms. The largest absolute Gasteiger partial charge is 0.508 e. The molecular formula is C77H98N20O18. The molecule has 25 N–H and O–H groups in total. The van der Waals surface area contributed by atoms with Gasteiger partial charge < -0.3 is 121 Å². The highest BCUT2D eigenvalue weighted by molar-refractivity contribution is 6.01. The van der Waals surface area contributed by atoms with Crippen LogP contribution in [0.25, 0.3) is 21.8 Å². The molecule has 3 aromatic heterocycles. The monoisotopic (exact) mass is 1590 g/mol. The van der Waals surface area contributed by atoms with Crippen molar-refractivity contribution >= 4 is 105 Å². The molecular weight excluding hydrogens is 1490 g/mol. The van der Waals surface area contributed by atoms with Gasteiger partial charge in [-0.25, -0.2) is 9.78 Å². The van der Waals surface area contributed by atoms with E-state index in [0.717, 1.165) is 0 Å². The predicted molar refractivity (Wildman–Crippen MR) is 414 cm³/mol. The van der Waals surface area contributed by atoms with Crippen LogP contribution in [0.5, 0.6) is 11.5 Å². The van der Waals surface area contributed by atoms with E-state index in [1.54, 1.807) is 60.9 Å². The number of para-hydroxylation sites is 2. The van der Waals surface area contributed by atoms with Gasteiger partial charge in [-0.05, 0) is 103 Å². The highest BCUT2D eigenvalue weighted by atomic mass is 16.4. The third-order valence-corrected chi connectivity index (χ3v) is 20.0. The highest BCUT2D eigenvalue weighted by Crippen LogP contribution is 2.26. The molecule has 12 amide bonds. The second-order valence-corrected chi connectivity index (χ2v) is 28.7. The number of aliphatic carboxylic acids is 1. The van der Waals surface area contributed by atoms with Gasteiger partial charge in [0.1, 0.15) is 78.0 Å². The fourth-order valence-electron chi connectivity index (χ4n) is 13.9. The molecule has 2 fully saturated rings. The Morgan fingerprint density at radius 1 is 0.522 bits per heavy atom. The maximum Gasteiger partial charge on any atom is 0.326 e. The average molecular weight is 1590 g/mol. The molecule has 12 unspecified atom stereocenters. The Kier molecular flexibility index (Phi) is 30.3. The number of phenolic OH excluding ortho intramolecular Hbond substituents is 2. The Bertz CT molecular complexity index is 4630. The molecule has 38 nitrogen and oxygen atoms in total. The number of imidazole rings is 1. The number of amides is 12. The van der Waals surface area contributed by atoms with E-state index in [-0.39, 0.29) is 94.6 Å². The number of carbonyl (C=O) groups is 13. The number of carboxylic acid groups (broad SMARTS) is 1. The van der Waals surface area contributed by atoms with Crippen molar-refractivity contribution in [1.82, 2.24) is 82.9 Å². The zero-order valence-corrected chi connectivity index (χ0v) is 63.2. The number of H-pyrrole nitrogens is 3. The quantitative estimate of drug-likeness (QED) is 0.0102.